The van der Waals surface area contributed by atoms with Gasteiger partial charge in [-0.1, -0.05) is 12.8 Å². The first-order valence-corrected chi connectivity index (χ1v) is 8.13. The maximum absolute atomic E-state index is 12.1. The molecule has 0 spiro atoms. The van der Waals surface area contributed by atoms with Crippen LogP contribution in [0.3, 0.4) is 0 Å². The van der Waals surface area contributed by atoms with E-state index < -0.39 is 5.97 Å². The molecule has 4 nitrogen and oxygen atoms in total. The van der Waals surface area contributed by atoms with Gasteiger partial charge in [0, 0.05) is 13.0 Å². The van der Waals surface area contributed by atoms with E-state index in [2.05, 4.69) is 5.32 Å². The van der Waals surface area contributed by atoms with E-state index >= 15 is 0 Å². The van der Waals surface area contributed by atoms with Gasteiger partial charge in [0.1, 0.15) is 0 Å². The molecule has 2 bridgehead atoms. The standard InChI is InChI=1S/C16H25NO3/c18-15(8-13-7-10-4-5-11(13)6-10)17-9-12-2-1-3-14(12)16(19)20/h10-14H,1-9H2,(H,17,18)(H,19,20). The molecule has 1 amide bonds. The largest absolute Gasteiger partial charge is 0.481 e. The van der Waals surface area contributed by atoms with Crippen LogP contribution in [0.5, 0.6) is 0 Å². The van der Waals surface area contributed by atoms with Crippen LogP contribution in [0.25, 0.3) is 0 Å². The summed E-state index contributed by atoms with van der Waals surface area (Å²) in [4.78, 5) is 23.2. The van der Waals surface area contributed by atoms with E-state index in [0.717, 1.165) is 31.1 Å². The van der Waals surface area contributed by atoms with Crippen LogP contribution in [0, 0.1) is 29.6 Å². The minimum Gasteiger partial charge on any atom is -0.481 e. The van der Waals surface area contributed by atoms with Crippen LogP contribution in [0.15, 0.2) is 0 Å². The summed E-state index contributed by atoms with van der Waals surface area (Å²) < 4.78 is 0. The van der Waals surface area contributed by atoms with Crippen LogP contribution in [0.4, 0.5) is 0 Å². The van der Waals surface area contributed by atoms with Crippen molar-refractivity contribution in [2.45, 2.75) is 51.4 Å². The zero-order valence-electron chi connectivity index (χ0n) is 12.0. The maximum Gasteiger partial charge on any atom is 0.306 e. The Morgan fingerprint density at radius 3 is 2.55 bits per heavy atom. The fourth-order valence-corrected chi connectivity index (χ4v) is 4.79. The average molecular weight is 279 g/mol. The van der Waals surface area contributed by atoms with Gasteiger partial charge in [-0.3, -0.25) is 9.59 Å². The predicted octanol–water partition coefficient (Wildman–Crippen LogP) is 2.43. The molecule has 0 aromatic heterocycles. The van der Waals surface area contributed by atoms with Gasteiger partial charge in [-0.25, -0.2) is 0 Å². The van der Waals surface area contributed by atoms with E-state index in [1.807, 2.05) is 0 Å². The third kappa shape index (κ3) is 2.84. The van der Waals surface area contributed by atoms with Gasteiger partial charge in [0.05, 0.1) is 5.92 Å². The predicted molar refractivity (Wildman–Crippen MR) is 75.0 cm³/mol. The van der Waals surface area contributed by atoms with Crippen molar-refractivity contribution in [3.05, 3.63) is 0 Å². The number of nitrogens with one attached hydrogen (secondary N) is 1. The summed E-state index contributed by atoms with van der Waals surface area (Å²) in [7, 11) is 0. The number of carboxylic acid groups (broad SMARTS) is 1. The zero-order chi connectivity index (χ0) is 14.1. The lowest BCUT2D eigenvalue weighted by Crippen LogP contribution is -2.34. The van der Waals surface area contributed by atoms with Gasteiger partial charge < -0.3 is 10.4 Å². The normalized spacial score (nSPS) is 39.1. The topological polar surface area (TPSA) is 66.4 Å². The fourth-order valence-electron chi connectivity index (χ4n) is 4.79. The number of amides is 1. The highest BCUT2D eigenvalue weighted by atomic mass is 16.4. The molecule has 2 N–H and O–H groups in total. The Bertz CT molecular complexity index is 395. The van der Waals surface area contributed by atoms with Crippen molar-refractivity contribution in [1.82, 2.24) is 5.32 Å². The molecule has 3 saturated carbocycles. The van der Waals surface area contributed by atoms with E-state index in [-0.39, 0.29) is 17.7 Å². The molecule has 0 aromatic rings. The van der Waals surface area contributed by atoms with Gasteiger partial charge in [0.25, 0.3) is 0 Å². The summed E-state index contributed by atoms with van der Waals surface area (Å²) in [5, 5.41) is 12.1. The second-order valence-electron chi connectivity index (χ2n) is 7.08. The lowest BCUT2D eigenvalue weighted by atomic mass is 9.86. The first-order chi connectivity index (χ1) is 9.63. The molecular formula is C16H25NO3. The number of carboxylic acids is 1. The van der Waals surface area contributed by atoms with Crippen LogP contribution in [0.1, 0.15) is 51.4 Å². The Hall–Kier alpha value is -1.06. The average Bonchev–Trinajstić information content (AvgIpc) is 3.12. The second-order valence-corrected chi connectivity index (χ2v) is 7.08. The van der Waals surface area contributed by atoms with Gasteiger partial charge in [-0.2, -0.15) is 0 Å². The van der Waals surface area contributed by atoms with Crippen LogP contribution in [0.2, 0.25) is 0 Å². The summed E-state index contributed by atoms with van der Waals surface area (Å²) in [6.45, 7) is 0.552. The number of rotatable bonds is 5. The molecule has 0 radical (unpaired) electrons. The molecule has 4 heteroatoms. The van der Waals surface area contributed by atoms with Gasteiger partial charge in [0.15, 0.2) is 0 Å². The summed E-state index contributed by atoms with van der Waals surface area (Å²) in [6.07, 6.45) is 8.58. The first kappa shape index (κ1) is 13.9. The zero-order valence-corrected chi connectivity index (χ0v) is 12.0. The molecule has 3 fully saturated rings. The molecule has 112 valence electrons. The van der Waals surface area contributed by atoms with Crippen LogP contribution in [-0.4, -0.2) is 23.5 Å². The fraction of sp³-hybridized carbons (Fsp3) is 0.875. The van der Waals surface area contributed by atoms with E-state index in [9.17, 15) is 9.59 Å². The van der Waals surface area contributed by atoms with Crippen molar-refractivity contribution in [2.75, 3.05) is 6.54 Å². The first-order valence-electron chi connectivity index (χ1n) is 8.13. The number of carbonyl (C=O) groups excluding carboxylic acids is 1. The van der Waals surface area contributed by atoms with Crippen LogP contribution < -0.4 is 5.32 Å². The minimum absolute atomic E-state index is 0.136. The monoisotopic (exact) mass is 279 g/mol. The lowest BCUT2D eigenvalue weighted by Gasteiger charge is -2.22. The molecule has 3 rings (SSSR count). The SMILES string of the molecule is O=C(CC1CC2CCC1C2)NCC1CCCC1C(=O)O. The summed E-state index contributed by atoms with van der Waals surface area (Å²) in [5.41, 5.74) is 0. The van der Waals surface area contributed by atoms with Crippen molar-refractivity contribution in [1.29, 1.82) is 0 Å². The highest BCUT2D eigenvalue weighted by molar-refractivity contribution is 5.76. The molecule has 3 aliphatic carbocycles. The smallest absolute Gasteiger partial charge is 0.306 e. The quantitative estimate of drug-likeness (QED) is 0.812. The van der Waals surface area contributed by atoms with Gasteiger partial charge in [0.2, 0.25) is 5.91 Å². The molecule has 0 aliphatic heterocycles. The third-order valence-corrected chi connectivity index (χ3v) is 5.87. The van der Waals surface area contributed by atoms with Gasteiger partial charge in [-0.15, -0.1) is 0 Å². The van der Waals surface area contributed by atoms with E-state index in [1.165, 1.54) is 25.7 Å². The van der Waals surface area contributed by atoms with Crippen molar-refractivity contribution in [2.24, 2.45) is 29.6 Å². The lowest BCUT2D eigenvalue weighted by molar-refractivity contribution is -0.143. The molecule has 5 atom stereocenters. The van der Waals surface area contributed by atoms with Crippen molar-refractivity contribution < 1.29 is 14.7 Å². The molecule has 20 heavy (non-hydrogen) atoms. The summed E-state index contributed by atoms with van der Waals surface area (Å²) >= 11 is 0. The Morgan fingerprint density at radius 2 is 1.90 bits per heavy atom. The van der Waals surface area contributed by atoms with Gasteiger partial charge in [-0.05, 0) is 55.8 Å². The van der Waals surface area contributed by atoms with E-state index in [0.29, 0.717) is 18.9 Å². The number of fused-ring (bicyclic) bond motifs is 2. The van der Waals surface area contributed by atoms with Crippen molar-refractivity contribution >= 4 is 11.9 Å². The van der Waals surface area contributed by atoms with Crippen molar-refractivity contribution in [3.63, 3.8) is 0 Å². The number of hydrogen-bond donors (Lipinski definition) is 2. The molecule has 3 aliphatic rings. The van der Waals surface area contributed by atoms with E-state index in [4.69, 9.17) is 5.11 Å². The molecule has 0 heterocycles. The minimum atomic E-state index is -0.699. The van der Waals surface area contributed by atoms with Crippen LogP contribution >= 0.6 is 0 Å². The van der Waals surface area contributed by atoms with E-state index in [1.54, 1.807) is 0 Å². The van der Waals surface area contributed by atoms with Gasteiger partial charge >= 0.3 is 5.97 Å². The Morgan fingerprint density at radius 1 is 1.05 bits per heavy atom. The summed E-state index contributed by atoms with van der Waals surface area (Å²) in [5.74, 6) is 1.57. The Labute approximate surface area is 120 Å². The number of aliphatic carboxylic acids is 1. The van der Waals surface area contributed by atoms with Crippen LogP contribution in [-0.2, 0) is 9.59 Å². The molecule has 5 unspecified atom stereocenters. The molecule has 0 aromatic carbocycles. The molecule has 0 saturated heterocycles. The number of hydrogen-bond acceptors (Lipinski definition) is 2. The maximum atomic E-state index is 12.1. The van der Waals surface area contributed by atoms with Crippen molar-refractivity contribution in [3.8, 4) is 0 Å². The summed E-state index contributed by atoms with van der Waals surface area (Å²) in [6, 6.07) is 0. The Kier molecular flexibility index (Phi) is 3.99. The molecular weight excluding hydrogens is 254 g/mol. The Balaban J connectivity index is 1.42. The second kappa shape index (κ2) is 5.74. The number of carbonyl (C=O) groups is 2. The third-order valence-electron chi connectivity index (χ3n) is 5.87. The highest BCUT2D eigenvalue weighted by Gasteiger charge is 2.40. The highest BCUT2D eigenvalue weighted by Crippen LogP contribution is 2.49.